The van der Waals surface area contributed by atoms with Gasteiger partial charge in [-0.15, -0.1) is 10.2 Å². The number of nitrogens with zero attached hydrogens (tertiary/aromatic N) is 3. The average Bonchev–Trinajstić information content (AvgIpc) is 3.34. The second kappa shape index (κ2) is 13.4. The lowest BCUT2D eigenvalue weighted by Crippen LogP contribution is -2.46. The van der Waals surface area contributed by atoms with Crippen molar-refractivity contribution in [2.24, 2.45) is 0 Å². The minimum Gasteiger partial charge on any atom is -0.481 e. The number of carbonyl (C=O) groups is 3. The summed E-state index contributed by atoms with van der Waals surface area (Å²) in [5, 5.41) is 21.7. The van der Waals surface area contributed by atoms with Crippen molar-refractivity contribution >= 4 is 34.6 Å². The first-order chi connectivity index (χ1) is 18.2. The Kier molecular flexibility index (Phi) is 9.99. The first kappa shape index (κ1) is 28.4. The van der Waals surface area contributed by atoms with Gasteiger partial charge in [0.25, 0.3) is 0 Å². The van der Waals surface area contributed by atoms with Crippen LogP contribution in [0.2, 0.25) is 0 Å². The van der Waals surface area contributed by atoms with Crippen molar-refractivity contribution in [3.63, 3.8) is 0 Å². The van der Waals surface area contributed by atoms with Gasteiger partial charge in [-0.05, 0) is 31.0 Å². The van der Waals surface area contributed by atoms with Crippen molar-refractivity contribution in [2.45, 2.75) is 31.8 Å². The van der Waals surface area contributed by atoms with Gasteiger partial charge in [0, 0.05) is 31.1 Å². The van der Waals surface area contributed by atoms with E-state index in [0.717, 1.165) is 17.4 Å². The molecule has 0 saturated carbocycles. The third-order valence-electron chi connectivity index (χ3n) is 5.40. The SMILES string of the molecule is CN(C(=O)NCc1cccc(F)c1F)[C@@H](CCCC(=O)O)COC(=O)Nc1nnc(-c2ccccc2F)s1. The number of likely N-dealkylation sites (N-methyl/N-ethyl adjacent to an activating group) is 1. The van der Waals surface area contributed by atoms with E-state index in [4.69, 9.17) is 9.84 Å². The Hall–Kier alpha value is -4.20. The van der Waals surface area contributed by atoms with Crippen LogP contribution in [0.3, 0.4) is 0 Å². The smallest absolute Gasteiger partial charge is 0.413 e. The summed E-state index contributed by atoms with van der Waals surface area (Å²) < 4.78 is 46.4. The van der Waals surface area contributed by atoms with Gasteiger partial charge in [0.15, 0.2) is 16.6 Å². The molecule has 3 amide bonds. The Morgan fingerprint density at radius 1 is 1.08 bits per heavy atom. The molecule has 3 N–H and O–H groups in total. The number of anilines is 1. The number of hydrogen-bond acceptors (Lipinski definition) is 7. The maximum atomic E-state index is 14.0. The fourth-order valence-electron chi connectivity index (χ4n) is 3.34. The van der Waals surface area contributed by atoms with Crippen LogP contribution in [-0.2, 0) is 16.1 Å². The van der Waals surface area contributed by atoms with E-state index in [1.165, 1.54) is 42.3 Å². The van der Waals surface area contributed by atoms with Crippen LogP contribution in [0.5, 0.6) is 0 Å². The summed E-state index contributed by atoms with van der Waals surface area (Å²) in [7, 11) is 1.40. The molecule has 1 aromatic heterocycles. The zero-order valence-electron chi connectivity index (χ0n) is 20.1. The highest BCUT2D eigenvalue weighted by Gasteiger charge is 2.23. The van der Waals surface area contributed by atoms with Crippen LogP contribution in [0.1, 0.15) is 24.8 Å². The monoisotopic (exact) mass is 551 g/mol. The summed E-state index contributed by atoms with van der Waals surface area (Å²) in [5.74, 6) is -3.66. The number of rotatable bonds is 11. The van der Waals surface area contributed by atoms with E-state index in [2.05, 4.69) is 20.8 Å². The van der Waals surface area contributed by atoms with Gasteiger partial charge < -0.3 is 20.1 Å². The van der Waals surface area contributed by atoms with E-state index in [-0.39, 0.29) is 53.7 Å². The normalized spacial score (nSPS) is 11.5. The number of aliphatic carboxylic acids is 1. The number of ether oxygens (including phenoxy) is 1. The molecule has 3 aromatic rings. The topological polar surface area (TPSA) is 134 Å². The summed E-state index contributed by atoms with van der Waals surface area (Å²) in [4.78, 5) is 37.1. The minimum atomic E-state index is -1.08. The number of amides is 3. The third-order valence-corrected chi connectivity index (χ3v) is 6.27. The molecule has 0 aliphatic carbocycles. The molecule has 38 heavy (non-hydrogen) atoms. The molecule has 14 heteroatoms. The van der Waals surface area contributed by atoms with Crippen molar-refractivity contribution in [1.82, 2.24) is 20.4 Å². The molecule has 0 saturated heterocycles. The first-order valence-electron chi connectivity index (χ1n) is 11.3. The number of hydrogen-bond donors (Lipinski definition) is 3. The first-order valence-corrected chi connectivity index (χ1v) is 12.1. The molecule has 0 aliphatic heterocycles. The van der Waals surface area contributed by atoms with E-state index in [1.807, 2.05) is 0 Å². The van der Waals surface area contributed by atoms with Crippen molar-refractivity contribution < 1.29 is 37.4 Å². The second-order valence-electron chi connectivity index (χ2n) is 8.04. The van der Waals surface area contributed by atoms with E-state index < -0.39 is 41.6 Å². The highest BCUT2D eigenvalue weighted by Crippen LogP contribution is 2.28. The zero-order chi connectivity index (χ0) is 27.7. The lowest BCUT2D eigenvalue weighted by atomic mass is 10.1. The maximum Gasteiger partial charge on any atom is 0.413 e. The summed E-state index contributed by atoms with van der Waals surface area (Å²) in [6.07, 6.45) is -0.728. The van der Waals surface area contributed by atoms with E-state index in [1.54, 1.807) is 6.07 Å². The van der Waals surface area contributed by atoms with Gasteiger partial charge in [-0.25, -0.2) is 22.8 Å². The van der Waals surface area contributed by atoms with Crippen LogP contribution in [0.4, 0.5) is 27.9 Å². The standard InChI is InChI=1S/C24H24F3N5O5S/c1-32(23(35)28-12-14-6-4-10-18(26)20(14)27)15(7-5-11-19(33)34)13-37-24(36)29-22-31-30-21(38-22)16-8-2-3-9-17(16)25/h2-4,6,8-10,15H,5,7,11-13H2,1H3,(H,28,35)(H,33,34)(H,29,31,36)/t15-/m0/s1. The predicted octanol–water partition coefficient (Wildman–Crippen LogP) is 4.64. The molecule has 10 nitrogen and oxygen atoms in total. The van der Waals surface area contributed by atoms with Crippen molar-refractivity contribution in [1.29, 1.82) is 0 Å². The van der Waals surface area contributed by atoms with Gasteiger partial charge in [0.2, 0.25) is 5.13 Å². The molecule has 2 aromatic carbocycles. The molecule has 0 fully saturated rings. The number of carboxylic acids is 1. The van der Waals surface area contributed by atoms with Gasteiger partial charge in [0.1, 0.15) is 12.4 Å². The number of benzene rings is 2. The molecule has 3 rings (SSSR count). The summed E-state index contributed by atoms with van der Waals surface area (Å²) in [6.45, 7) is -0.597. The van der Waals surface area contributed by atoms with Crippen LogP contribution >= 0.6 is 11.3 Å². The minimum absolute atomic E-state index is 0.0545. The molecule has 202 valence electrons. The van der Waals surface area contributed by atoms with Crippen LogP contribution in [-0.4, -0.2) is 58.0 Å². The molecule has 0 aliphatic rings. The van der Waals surface area contributed by atoms with Crippen LogP contribution in [0.25, 0.3) is 10.6 Å². The molecule has 0 bridgehead atoms. The summed E-state index contributed by atoms with van der Waals surface area (Å²) in [5.41, 5.74) is 0.160. The number of carbonyl (C=O) groups excluding carboxylic acids is 2. The number of urea groups is 1. The second-order valence-corrected chi connectivity index (χ2v) is 9.02. The fourth-order valence-corrected chi connectivity index (χ4v) is 4.09. The van der Waals surface area contributed by atoms with Gasteiger partial charge in [-0.3, -0.25) is 10.1 Å². The summed E-state index contributed by atoms with van der Waals surface area (Å²) >= 11 is 0.926. The Bertz CT molecular complexity index is 1290. The van der Waals surface area contributed by atoms with Gasteiger partial charge in [-0.1, -0.05) is 35.6 Å². The summed E-state index contributed by atoms with van der Waals surface area (Å²) in [6, 6.07) is 8.12. The van der Waals surface area contributed by atoms with Gasteiger partial charge >= 0.3 is 18.1 Å². The quantitative estimate of drug-likeness (QED) is 0.316. The number of nitrogens with one attached hydrogen (secondary N) is 2. The number of carboxylic acid groups (broad SMARTS) is 1. The Morgan fingerprint density at radius 2 is 1.82 bits per heavy atom. The largest absolute Gasteiger partial charge is 0.481 e. The van der Waals surface area contributed by atoms with E-state index in [9.17, 15) is 27.6 Å². The van der Waals surface area contributed by atoms with Crippen LogP contribution in [0.15, 0.2) is 42.5 Å². The molecular formula is C24H24F3N5O5S. The molecule has 0 spiro atoms. The Balaban J connectivity index is 1.58. The molecule has 1 atom stereocenters. The molecule has 1 heterocycles. The highest BCUT2D eigenvalue weighted by molar-refractivity contribution is 7.18. The fraction of sp³-hybridized carbons (Fsp3) is 0.292. The third kappa shape index (κ3) is 7.90. The van der Waals surface area contributed by atoms with E-state index >= 15 is 0 Å². The highest BCUT2D eigenvalue weighted by atomic mass is 32.1. The lowest BCUT2D eigenvalue weighted by Gasteiger charge is -2.28. The van der Waals surface area contributed by atoms with Crippen LogP contribution < -0.4 is 10.6 Å². The molecular weight excluding hydrogens is 527 g/mol. The van der Waals surface area contributed by atoms with Gasteiger partial charge in [-0.2, -0.15) is 0 Å². The molecule has 0 radical (unpaired) electrons. The number of aromatic nitrogens is 2. The van der Waals surface area contributed by atoms with Crippen molar-refractivity contribution in [3.05, 3.63) is 65.5 Å². The Morgan fingerprint density at radius 3 is 2.55 bits per heavy atom. The van der Waals surface area contributed by atoms with Crippen LogP contribution in [0, 0.1) is 17.5 Å². The van der Waals surface area contributed by atoms with E-state index in [0.29, 0.717) is 0 Å². The predicted molar refractivity (Wildman–Crippen MR) is 132 cm³/mol. The maximum absolute atomic E-state index is 14.0. The van der Waals surface area contributed by atoms with Crippen molar-refractivity contribution in [3.8, 4) is 10.6 Å². The lowest BCUT2D eigenvalue weighted by molar-refractivity contribution is -0.137. The number of halogens is 3. The van der Waals surface area contributed by atoms with Gasteiger partial charge in [0.05, 0.1) is 6.04 Å². The average molecular weight is 552 g/mol. The van der Waals surface area contributed by atoms with Crippen molar-refractivity contribution in [2.75, 3.05) is 19.0 Å². The zero-order valence-corrected chi connectivity index (χ0v) is 20.9. The molecule has 0 unspecified atom stereocenters. The Labute approximate surface area is 219 Å².